The van der Waals surface area contributed by atoms with Gasteiger partial charge in [-0.25, -0.2) is 8.42 Å². The quantitative estimate of drug-likeness (QED) is 0.556. The Bertz CT molecular complexity index is 731. The van der Waals surface area contributed by atoms with Crippen molar-refractivity contribution in [2.45, 2.75) is 11.1 Å². The molecule has 0 bridgehead atoms. The van der Waals surface area contributed by atoms with Gasteiger partial charge in [0.2, 0.25) is 6.23 Å². The third-order valence-electron chi connectivity index (χ3n) is 2.70. The standard InChI is InChI=1S/C12H11NO5S2.K/c14-20(15,16)9-3-1-2-8(4-9)13-12-5-17-10-6-19-7-11(10)18-12;/h1-4,6-7,12-13H,5H2,(H,14,15,16);/q;+1/p-1. The Balaban J connectivity index is 0.00000161. The van der Waals surface area contributed by atoms with Crippen molar-refractivity contribution in [3.8, 4) is 11.5 Å². The fourth-order valence-corrected chi connectivity index (χ4v) is 3.00. The third kappa shape index (κ3) is 4.20. The molecular weight excluding hydrogens is 341 g/mol. The van der Waals surface area contributed by atoms with Gasteiger partial charge in [0, 0.05) is 16.4 Å². The molecule has 0 amide bonds. The molecule has 1 aliphatic rings. The van der Waals surface area contributed by atoms with Crippen LogP contribution >= 0.6 is 11.3 Å². The van der Waals surface area contributed by atoms with Crippen molar-refractivity contribution in [2.75, 3.05) is 11.9 Å². The van der Waals surface area contributed by atoms with E-state index >= 15 is 0 Å². The number of rotatable bonds is 3. The van der Waals surface area contributed by atoms with Crippen LogP contribution in [0.3, 0.4) is 0 Å². The summed E-state index contributed by atoms with van der Waals surface area (Å²) < 4.78 is 44.0. The van der Waals surface area contributed by atoms with Gasteiger partial charge < -0.3 is 19.3 Å². The number of ether oxygens (including phenoxy) is 2. The molecule has 0 spiro atoms. The summed E-state index contributed by atoms with van der Waals surface area (Å²) in [6, 6.07) is 5.67. The Hall–Kier alpha value is -0.134. The summed E-state index contributed by atoms with van der Waals surface area (Å²) >= 11 is 1.47. The zero-order chi connectivity index (χ0) is 14.2. The van der Waals surface area contributed by atoms with E-state index < -0.39 is 16.3 Å². The number of hydrogen-bond acceptors (Lipinski definition) is 7. The molecular formula is C12H10KNO5S2. The summed E-state index contributed by atoms with van der Waals surface area (Å²) in [4.78, 5) is -0.282. The summed E-state index contributed by atoms with van der Waals surface area (Å²) in [6.45, 7) is 0.290. The molecule has 106 valence electrons. The van der Waals surface area contributed by atoms with Crippen molar-refractivity contribution in [1.29, 1.82) is 0 Å². The first kappa shape index (κ1) is 17.2. The molecule has 1 aromatic carbocycles. The van der Waals surface area contributed by atoms with E-state index in [-0.39, 0.29) is 62.9 Å². The molecule has 0 fully saturated rings. The summed E-state index contributed by atoms with van der Waals surface area (Å²) in [5.41, 5.74) is 0.481. The van der Waals surface area contributed by atoms with Crippen molar-refractivity contribution >= 4 is 27.1 Å². The first-order valence-corrected chi connectivity index (χ1v) is 8.05. The van der Waals surface area contributed by atoms with Crippen LogP contribution in [0.25, 0.3) is 0 Å². The summed E-state index contributed by atoms with van der Waals surface area (Å²) in [7, 11) is -4.47. The Morgan fingerprint density at radius 1 is 1.29 bits per heavy atom. The number of anilines is 1. The number of nitrogens with one attached hydrogen (secondary N) is 1. The molecule has 2 heterocycles. The molecule has 0 aliphatic carbocycles. The number of benzene rings is 1. The van der Waals surface area contributed by atoms with Crippen LogP contribution in [-0.4, -0.2) is 25.8 Å². The van der Waals surface area contributed by atoms with Crippen LogP contribution in [0, 0.1) is 0 Å². The second-order valence-corrected chi connectivity index (χ2v) is 6.27. The fourth-order valence-electron chi connectivity index (χ4n) is 1.82. The van der Waals surface area contributed by atoms with Crippen LogP contribution in [0.15, 0.2) is 39.9 Å². The maximum Gasteiger partial charge on any atom is 1.00 e. The van der Waals surface area contributed by atoms with Gasteiger partial charge in [0.05, 0.1) is 4.90 Å². The molecule has 1 N–H and O–H groups in total. The van der Waals surface area contributed by atoms with E-state index in [1.165, 1.54) is 29.5 Å². The molecule has 2 aromatic rings. The first-order chi connectivity index (χ1) is 9.52. The van der Waals surface area contributed by atoms with Gasteiger partial charge in [-0.05, 0) is 18.2 Å². The Labute approximate surface area is 168 Å². The predicted octanol–water partition coefficient (Wildman–Crippen LogP) is -1.13. The van der Waals surface area contributed by atoms with E-state index in [1.807, 2.05) is 10.8 Å². The van der Waals surface area contributed by atoms with Crippen molar-refractivity contribution in [3.63, 3.8) is 0 Å². The molecule has 9 heteroatoms. The molecule has 0 radical (unpaired) electrons. The average molecular weight is 351 g/mol. The molecule has 1 aromatic heterocycles. The largest absolute Gasteiger partial charge is 1.00 e. The number of fused-ring (bicyclic) bond motifs is 1. The van der Waals surface area contributed by atoms with Gasteiger partial charge in [-0.2, -0.15) is 0 Å². The molecule has 0 saturated heterocycles. The Kier molecular flexibility index (Phi) is 5.71. The smallest absolute Gasteiger partial charge is 0.744 e. The Morgan fingerprint density at radius 3 is 2.81 bits per heavy atom. The van der Waals surface area contributed by atoms with E-state index in [0.717, 1.165) is 0 Å². The van der Waals surface area contributed by atoms with Gasteiger partial charge in [-0.1, -0.05) is 6.07 Å². The SMILES string of the molecule is O=S(=O)([O-])c1cccc(NC2COc3cscc3O2)c1.[K+]. The van der Waals surface area contributed by atoms with Gasteiger partial charge in [0.25, 0.3) is 0 Å². The normalized spacial score (nSPS) is 16.9. The minimum atomic E-state index is -4.47. The molecule has 1 unspecified atom stereocenters. The summed E-state index contributed by atoms with van der Waals surface area (Å²) in [6.07, 6.45) is -0.443. The second-order valence-electron chi connectivity index (χ2n) is 4.14. The van der Waals surface area contributed by atoms with Crippen LogP contribution in [0.2, 0.25) is 0 Å². The average Bonchev–Trinajstić information content (AvgIpc) is 2.85. The molecule has 3 rings (SSSR count). The molecule has 6 nitrogen and oxygen atoms in total. The minimum Gasteiger partial charge on any atom is -0.744 e. The van der Waals surface area contributed by atoms with Gasteiger partial charge in [-0.15, -0.1) is 11.3 Å². The minimum absolute atomic E-state index is 0. The van der Waals surface area contributed by atoms with Crippen LogP contribution < -0.4 is 66.2 Å². The van der Waals surface area contributed by atoms with Crippen LogP contribution in [0.5, 0.6) is 11.5 Å². The predicted molar refractivity (Wildman–Crippen MR) is 72.3 cm³/mol. The van der Waals surface area contributed by atoms with Crippen LogP contribution in [0.4, 0.5) is 5.69 Å². The van der Waals surface area contributed by atoms with Crippen LogP contribution in [-0.2, 0) is 10.1 Å². The van der Waals surface area contributed by atoms with Crippen molar-refractivity contribution < 1.29 is 73.8 Å². The van der Waals surface area contributed by atoms with Gasteiger partial charge >= 0.3 is 51.4 Å². The maximum atomic E-state index is 11.0. The second kappa shape index (κ2) is 6.96. The maximum absolute atomic E-state index is 11.0. The monoisotopic (exact) mass is 351 g/mol. The number of hydrogen-bond donors (Lipinski definition) is 1. The van der Waals surface area contributed by atoms with E-state index in [1.54, 1.807) is 6.07 Å². The zero-order valence-electron chi connectivity index (χ0n) is 11.1. The van der Waals surface area contributed by atoms with E-state index in [4.69, 9.17) is 9.47 Å². The zero-order valence-corrected chi connectivity index (χ0v) is 15.9. The molecule has 1 aliphatic heterocycles. The fraction of sp³-hybridized carbons (Fsp3) is 0.167. The first-order valence-electron chi connectivity index (χ1n) is 5.70. The van der Waals surface area contributed by atoms with E-state index in [9.17, 15) is 13.0 Å². The summed E-state index contributed by atoms with van der Waals surface area (Å²) in [5, 5.41) is 6.64. The summed E-state index contributed by atoms with van der Waals surface area (Å²) in [5.74, 6) is 1.34. The van der Waals surface area contributed by atoms with Gasteiger partial charge in [0.1, 0.15) is 16.7 Å². The van der Waals surface area contributed by atoms with Gasteiger partial charge in [0.15, 0.2) is 11.5 Å². The topological polar surface area (TPSA) is 87.7 Å². The van der Waals surface area contributed by atoms with Crippen LogP contribution in [0.1, 0.15) is 0 Å². The van der Waals surface area contributed by atoms with Crippen molar-refractivity contribution in [2.24, 2.45) is 0 Å². The molecule has 0 saturated carbocycles. The van der Waals surface area contributed by atoms with Gasteiger partial charge in [-0.3, -0.25) is 0 Å². The van der Waals surface area contributed by atoms with E-state index in [2.05, 4.69) is 5.32 Å². The number of thiophene rings is 1. The third-order valence-corrected chi connectivity index (χ3v) is 4.23. The van der Waals surface area contributed by atoms with Crippen molar-refractivity contribution in [1.82, 2.24) is 0 Å². The Morgan fingerprint density at radius 2 is 2.05 bits per heavy atom. The van der Waals surface area contributed by atoms with E-state index in [0.29, 0.717) is 17.2 Å². The molecule has 21 heavy (non-hydrogen) atoms. The van der Waals surface area contributed by atoms with Crippen molar-refractivity contribution in [3.05, 3.63) is 35.0 Å². The molecule has 1 atom stereocenters.